The van der Waals surface area contributed by atoms with E-state index in [9.17, 15) is 9.59 Å². The molecule has 5 nitrogen and oxygen atoms in total. The molecule has 0 aliphatic carbocycles. The first kappa shape index (κ1) is 15.0. The zero-order valence-electron chi connectivity index (χ0n) is 13.5. The van der Waals surface area contributed by atoms with Gasteiger partial charge in [0.05, 0.1) is 11.8 Å². The molecule has 0 N–H and O–H groups in total. The van der Waals surface area contributed by atoms with E-state index in [-0.39, 0.29) is 17.7 Å². The van der Waals surface area contributed by atoms with Crippen LogP contribution in [0, 0.1) is 0 Å². The van der Waals surface area contributed by atoms with Crippen LogP contribution in [-0.2, 0) is 4.79 Å². The van der Waals surface area contributed by atoms with Crippen LogP contribution in [0.3, 0.4) is 0 Å². The van der Waals surface area contributed by atoms with Gasteiger partial charge in [-0.25, -0.2) is 0 Å². The Bertz CT molecular complexity index is 754. The number of fused-ring (bicyclic) bond motifs is 1. The second-order valence-corrected chi connectivity index (χ2v) is 6.46. The lowest BCUT2D eigenvalue weighted by atomic mass is 9.98. The summed E-state index contributed by atoms with van der Waals surface area (Å²) in [5.74, 6) is 0.494. The first-order valence-corrected chi connectivity index (χ1v) is 8.45. The topological polar surface area (TPSA) is 53.8 Å². The number of hydrogen-bond acceptors (Lipinski definition) is 3. The molecule has 1 saturated heterocycles. The lowest BCUT2D eigenvalue weighted by molar-refractivity contribution is -0.127. The van der Waals surface area contributed by atoms with Gasteiger partial charge in [0.25, 0.3) is 5.91 Å². The van der Waals surface area contributed by atoms with Crippen LogP contribution in [0.25, 0.3) is 0 Å². The Hall–Kier alpha value is -2.56. The maximum atomic E-state index is 12.7. The molecule has 2 aliphatic rings. The van der Waals surface area contributed by atoms with Crippen LogP contribution >= 0.6 is 0 Å². The van der Waals surface area contributed by atoms with Crippen LogP contribution in [0.1, 0.15) is 41.1 Å². The van der Waals surface area contributed by atoms with Gasteiger partial charge in [-0.3, -0.25) is 9.59 Å². The molecule has 1 aromatic heterocycles. The van der Waals surface area contributed by atoms with Gasteiger partial charge in [0.1, 0.15) is 6.26 Å². The van der Waals surface area contributed by atoms with Crippen molar-refractivity contribution < 1.29 is 14.0 Å². The summed E-state index contributed by atoms with van der Waals surface area (Å²) in [5, 5.41) is 0. The van der Waals surface area contributed by atoms with Crippen LogP contribution in [0.15, 0.2) is 47.3 Å². The quantitative estimate of drug-likeness (QED) is 0.868. The predicted octanol–water partition coefficient (Wildman–Crippen LogP) is 3.04. The molecule has 1 fully saturated rings. The minimum Gasteiger partial charge on any atom is -0.472 e. The molecule has 1 unspecified atom stereocenters. The zero-order valence-corrected chi connectivity index (χ0v) is 13.5. The highest BCUT2D eigenvalue weighted by molar-refractivity contribution is 6.07. The zero-order chi connectivity index (χ0) is 16.5. The summed E-state index contributed by atoms with van der Waals surface area (Å²) in [6.07, 6.45) is 5.53. The van der Waals surface area contributed by atoms with Crippen LogP contribution in [0.2, 0.25) is 0 Å². The van der Waals surface area contributed by atoms with Crippen molar-refractivity contribution in [2.24, 2.45) is 0 Å². The number of carbonyl (C=O) groups excluding carboxylic acids is 2. The highest BCUT2D eigenvalue weighted by atomic mass is 16.3. The van der Waals surface area contributed by atoms with Crippen molar-refractivity contribution in [2.45, 2.75) is 25.2 Å². The van der Waals surface area contributed by atoms with Crippen molar-refractivity contribution in [3.8, 4) is 0 Å². The Kier molecular flexibility index (Phi) is 3.84. The summed E-state index contributed by atoms with van der Waals surface area (Å²) in [7, 11) is 0. The molecular weight excluding hydrogens is 304 g/mol. The number of amides is 2. The maximum absolute atomic E-state index is 12.7. The number of likely N-dealkylation sites (tertiary alicyclic amines) is 1. The molecule has 0 spiro atoms. The molecular formula is C19H20N2O3. The maximum Gasteiger partial charge on any atom is 0.261 e. The molecule has 0 saturated carbocycles. The average Bonchev–Trinajstić information content (AvgIpc) is 3.33. The monoisotopic (exact) mass is 324 g/mol. The smallest absolute Gasteiger partial charge is 0.261 e. The van der Waals surface area contributed by atoms with E-state index in [0.717, 1.165) is 31.6 Å². The minimum absolute atomic E-state index is 0.0315. The van der Waals surface area contributed by atoms with E-state index in [1.54, 1.807) is 6.07 Å². The molecule has 1 aromatic carbocycles. The largest absolute Gasteiger partial charge is 0.472 e. The number of furan rings is 1. The second kappa shape index (κ2) is 6.15. The molecule has 124 valence electrons. The summed E-state index contributed by atoms with van der Waals surface area (Å²) in [4.78, 5) is 28.3. The van der Waals surface area contributed by atoms with Crippen LogP contribution in [0.5, 0.6) is 0 Å². The Morgan fingerprint density at radius 2 is 2.12 bits per heavy atom. The van der Waals surface area contributed by atoms with Gasteiger partial charge in [-0.1, -0.05) is 18.2 Å². The van der Waals surface area contributed by atoms with Gasteiger partial charge in [-0.15, -0.1) is 0 Å². The Balaban J connectivity index is 1.52. The van der Waals surface area contributed by atoms with Gasteiger partial charge in [0.15, 0.2) is 0 Å². The van der Waals surface area contributed by atoms with Gasteiger partial charge < -0.3 is 14.2 Å². The van der Waals surface area contributed by atoms with E-state index in [1.807, 2.05) is 28.0 Å². The first-order chi connectivity index (χ1) is 11.7. The number of carbonyl (C=O) groups is 2. The number of hydrogen-bond donors (Lipinski definition) is 0. The summed E-state index contributed by atoms with van der Waals surface area (Å²) < 4.78 is 5.05. The van der Waals surface area contributed by atoms with E-state index in [2.05, 4.69) is 6.07 Å². The van der Waals surface area contributed by atoms with E-state index in [0.29, 0.717) is 18.5 Å². The normalized spacial score (nSPS) is 19.8. The molecule has 3 heterocycles. The van der Waals surface area contributed by atoms with E-state index in [4.69, 9.17) is 4.42 Å². The lowest BCUT2D eigenvalue weighted by Gasteiger charge is -2.19. The fourth-order valence-electron chi connectivity index (χ4n) is 3.73. The Morgan fingerprint density at radius 1 is 1.25 bits per heavy atom. The molecule has 0 bridgehead atoms. The molecule has 2 amide bonds. The predicted molar refractivity (Wildman–Crippen MR) is 90.0 cm³/mol. The lowest BCUT2D eigenvalue weighted by Crippen LogP contribution is -2.31. The fourth-order valence-corrected chi connectivity index (χ4v) is 3.73. The summed E-state index contributed by atoms with van der Waals surface area (Å²) >= 11 is 0. The number of rotatable bonds is 4. The molecule has 1 atom stereocenters. The van der Waals surface area contributed by atoms with Crippen molar-refractivity contribution in [3.63, 3.8) is 0 Å². The number of nitrogens with zero attached hydrogens (tertiary/aromatic N) is 2. The van der Waals surface area contributed by atoms with E-state index < -0.39 is 0 Å². The number of anilines is 1. The van der Waals surface area contributed by atoms with Crippen LogP contribution in [0.4, 0.5) is 5.69 Å². The van der Waals surface area contributed by atoms with Crippen molar-refractivity contribution in [1.82, 2.24) is 4.90 Å². The molecule has 24 heavy (non-hydrogen) atoms. The third-order valence-corrected chi connectivity index (χ3v) is 5.00. The van der Waals surface area contributed by atoms with Crippen molar-refractivity contribution in [1.29, 1.82) is 0 Å². The highest BCUT2D eigenvalue weighted by Crippen LogP contribution is 2.39. The van der Waals surface area contributed by atoms with Gasteiger partial charge in [-0.05, 0) is 30.5 Å². The summed E-state index contributed by atoms with van der Waals surface area (Å²) in [5.41, 5.74) is 2.74. The van der Waals surface area contributed by atoms with Gasteiger partial charge in [0, 0.05) is 37.7 Å². The molecule has 4 rings (SSSR count). The Labute approximate surface area is 140 Å². The first-order valence-electron chi connectivity index (χ1n) is 8.45. The SMILES string of the molecule is O=C1CCCN1CCC1CN(C(=O)c2ccoc2)c2ccccc21. The van der Waals surface area contributed by atoms with E-state index in [1.165, 1.54) is 18.1 Å². The minimum atomic E-state index is -0.0315. The summed E-state index contributed by atoms with van der Waals surface area (Å²) in [6, 6.07) is 9.75. The molecule has 5 heteroatoms. The van der Waals surface area contributed by atoms with Gasteiger partial charge in [-0.2, -0.15) is 0 Å². The van der Waals surface area contributed by atoms with Crippen molar-refractivity contribution >= 4 is 17.5 Å². The number of para-hydroxylation sites is 1. The standard InChI is InChI=1S/C19H20N2O3/c22-18-6-3-9-20(18)10-7-14-12-21(17-5-2-1-4-16(14)17)19(23)15-8-11-24-13-15/h1-2,4-5,8,11,13-14H,3,6-7,9-10,12H2. The molecule has 2 aliphatic heterocycles. The van der Waals surface area contributed by atoms with Crippen LogP contribution in [-0.4, -0.2) is 36.3 Å². The Morgan fingerprint density at radius 3 is 2.88 bits per heavy atom. The number of benzene rings is 1. The average molecular weight is 324 g/mol. The van der Waals surface area contributed by atoms with Gasteiger partial charge >= 0.3 is 0 Å². The third-order valence-electron chi connectivity index (χ3n) is 5.00. The third kappa shape index (κ3) is 2.60. The van der Waals surface area contributed by atoms with Crippen molar-refractivity contribution in [2.75, 3.05) is 24.5 Å². The van der Waals surface area contributed by atoms with Crippen LogP contribution < -0.4 is 4.90 Å². The fraction of sp³-hybridized carbons (Fsp3) is 0.368. The van der Waals surface area contributed by atoms with Crippen molar-refractivity contribution in [3.05, 3.63) is 54.0 Å². The second-order valence-electron chi connectivity index (χ2n) is 6.46. The highest BCUT2D eigenvalue weighted by Gasteiger charge is 2.33. The molecule has 0 radical (unpaired) electrons. The van der Waals surface area contributed by atoms with Gasteiger partial charge in [0.2, 0.25) is 5.91 Å². The molecule has 2 aromatic rings. The van der Waals surface area contributed by atoms with E-state index >= 15 is 0 Å². The summed E-state index contributed by atoms with van der Waals surface area (Å²) in [6.45, 7) is 2.29.